The lowest BCUT2D eigenvalue weighted by molar-refractivity contribution is -0.139. The molecule has 1 saturated carbocycles. The Morgan fingerprint density at radius 1 is 1.04 bits per heavy atom. The molecule has 1 saturated heterocycles. The summed E-state index contributed by atoms with van der Waals surface area (Å²) in [7, 11) is 3.58. The minimum Gasteiger partial charge on any atom is -0.494 e. The SMILES string of the molecule is CC[C@@H]1CC[C@H](C)N(C(=O)c2cc(OC)c3c(c2)nc(-c2cc4cccc(-c5ccc6c(c5)C(F)(F)C(=O)N6)c4n2CC2CC2)n3C)C1. The molecule has 8 nitrogen and oxygen atoms in total. The molecule has 1 aliphatic carbocycles. The van der Waals surface area contributed by atoms with Crippen LogP contribution in [0.5, 0.6) is 5.75 Å². The molecule has 0 unspecified atom stereocenters. The number of aromatic nitrogens is 3. The molecular weight excluding hydrogens is 612 g/mol. The number of piperidine rings is 1. The lowest BCUT2D eigenvalue weighted by atomic mass is 9.91. The van der Waals surface area contributed by atoms with Gasteiger partial charge < -0.3 is 24.1 Å². The van der Waals surface area contributed by atoms with Gasteiger partial charge in [-0.3, -0.25) is 9.59 Å². The van der Waals surface area contributed by atoms with E-state index in [2.05, 4.69) is 29.8 Å². The summed E-state index contributed by atoms with van der Waals surface area (Å²) in [6.45, 7) is 5.81. The van der Waals surface area contributed by atoms with E-state index in [0.29, 0.717) is 34.2 Å². The Hall–Kier alpha value is -4.73. The Bertz CT molecular complexity index is 2130. The summed E-state index contributed by atoms with van der Waals surface area (Å²) < 4.78 is 39.8. The standard InChI is InChI=1S/C38H39F2N5O3/c1-5-22-10-9-21(2)44(19-22)36(46)26-16-30-34(32(18-26)48-4)43(3)35(41-30)31-17-25-7-6-8-27(33(25)45(31)20-23-11-12-23)24-13-14-29-28(15-24)38(39,40)37(47)42-29/h6-8,13-18,21-23H,5,9-12,19-20H2,1-4H3,(H,42,47)/t21-,22+/m0/s1. The molecule has 5 aromatic rings. The van der Waals surface area contributed by atoms with Crippen LogP contribution in [0.2, 0.25) is 0 Å². The van der Waals surface area contributed by atoms with Gasteiger partial charge >= 0.3 is 5.92 Å². The molecule has 3 aliphatic rings. The monoisotopic (exact) mass is 651 g/mol. The van der Waals surface area contributed by atoms with Gasteiger partial charge in [-0.15, -0.1) is 0 Å². The van der Waals surface area contributed by atoms with Gasteiger partial charge in [0, 0.05) is 42.7 Å². The zero-order valence-corrected chi connectivity index (χ0v) is 27.6. The topological polar surface area (TPSA) is 81.4 Å². The summed E-state index contributed by atoms with van der Waals surface area (Å²) in [6, 6.07) is 16.7. The second kappa shape index (κ2) is 11.2. The fourth-order valence-corrected chi connectivity index (χ4v) is 7.68. The highest BCUT2D eigenvalue weighted by Gasteiger charge is 2.48. The maximum absolute atomic E-state index is 14.8. The number of anilines is 1. The van der Waals surface area contributed by atoms with Gasteiger partial charge in [0.05, 0.1) is 35.1 Å². The number of nitrogens with one attached hydrogen (secondary N) is 1. The number of nitrogens with zero attached hydrogens (tertiary/aromatic N) is 4. The van der Waals surface area contributed by atoms with E-state index >= 15 is 0 Å². The highest BCUT2D eigenvalue weighted by Crippen LogP contribution is 2.45. The molecule has 0 radical (unpaired) electrons. The van der Waals surface area contributed by atoms with Crippen molar-refractivity contribution in [3.63, 3.8) is 0 Å². The van der Waals surface area contributed by atoms with E-state index in [1.807, 2.05) is 46.8 Å². The molecule has 0 spiro atoms. The van der Waals surface area contributed by atoms with Crippen LogP contribution >= 0.6 is 0 Å². The largest absolute Gasteiger partial charge is 0.494 e. The Kier molecular flexibility index (Phi) is 7.12. The predicted molar refractivity (Wildman–Crippen MR) is 182 cm³/mol. The number of para-hydroxylation sites is 1. The van der Waals surface area contributed by atoms with Crippen LogP contribution in [0.4, 0.5) is 14.5 Å². The maximum Gasteiger partial charge on any atom is 0.352 e. The van der Waals surface area contributed by atoms with Crippen LogP contribution in [0.15, 0.2) is 54.6 Å². The number of methoxy groups -OCH3 is 1. The van der Waals surface area contributed by atoms with Crippen LogP contribution in [0.1, 0.15) is 61.9 Å². The summed E-state index contributed by atoms with van der Waals surface area (Å²) in [6.07, 6.45) is 5.42. The van der Waals surface area contributed by atoms with Crippen molar-refractivity contribution in [1.82, 2.24) is 19.0 Å². The molecule has 0 bridgehead atoms. The highest BCUT2D eigenvalue weighted by atomic mass is 19.3. The minimum absolute atomic E-state index is 0.00244. The van der Waals surface area contributed by atoms with Crippen LogP contribution < -0.4 is 10.1 Å². The summed E-state index contributed by atoms with van der Waals surface area (Å²) in [5, 5.41) is 3.26. The first kappa shape index (κ1) is 30.6. The predicted octanol–water partition coefficient (Wildman–Crippen LogP) is 7.98. The maximum atomic E-state index is 14.8. The Labute approximate surface area is 277 Å². The van der Waals surface area contributed by atoms with Crippen LogP contribution in [0.25, 0.3) is 44.6 Å². The molecule has 48 heavy (non-hydrogen) atoms. The van der Waals surface area contributed by atoms with Crippen molar-refractivity contribution in [3.8, 4) is 28.4 Å². The zero-order valence-electron chi connectivity index (χ0n) is 27.6. The normalized spacial score (nSPS) is 20.4. The van der Waals surface area contributed by atoms with Crippen molar-refractivity contribution in [2.24, 2.45) is 18.9 Å². The first-order valence-corrected chi connectivity index (χ1v) is 16.9. The average molecular weight is 652 g/mol. The first-order valence-electron chi connectivity index (χ1n) is 16.9. The number of fused-ring (bicyclic) bond motifs is 3. The second-order valence-corrected chi connectivity index (χ2v) is 13.8. The molecule has 2 fully saturated rings. The van der Waals surface area contributed by atoms with E-state index in [4.69, 9.17) is 9.72 Å². The van der Waals surface area contributed by atoms with Gasteiger partial charge in [-0.05, 0) is 80.3 Å². The van der Waals surface area contributed by atoms with Gasteiger partial charge in [0.1, 0.15) is 11.3 Å². The average Bonchev–Trinajstić information content (AvgIpc) is 3.69. The molecule has 2 amide bonds. The molecule has 3 aromatic carbocycles. The van der Waals surface area contributed by atoms with Crippen molar-refractivity contribution in [2.75, 3.05) is 19.0 Å². The number of alkyl halides is 2. The fraction of sp³-hybridized carbons (Fsp3) is 0.395. The number of hydrogen-bond donors (Lipinski definition) is 1. The van der Waals surface area contributed by atoms with Gasteiger partial charge in [-0.2, -0.15) is 8.78 Å². The number of carbonyl (C=O) groups excluding carboxylic acids is 2. The van der Waals surface area contributed by atoms with Crippen LogP contribution in [-0.4, -0.2) is 50.5 Å². The van der Waals surface area contributed by atoms with E-state index < -0.39 is 11.8 Å². The van der Waals surface area contributed by atoms with Gasteiger partial charge in [0.15, 0.2) is 5.82 Å². The number of hydrogen-bond acceptors (Lipinski definition) is 4. The lowest BCUT2D eigenvalue weighted by Gasteiger charge is -2.38. The van der Waals surface area contributed by atoms with Crippen molar-refractivity contribution in [3.05, 3.63) is 65.7 Å². The number of likely N-dealkylation sites (tertiary alicyclic amines) is 1. The van der Waals surface area contributed by atoms with Crippen LogP contribution in [0, 0.1) is 11.8 Å². The molecule has 10 heteroatoms. The number of amides is 2. The molecular formula is C38H39F2N5O3. The smallest absolute Gasteiger partial charge is 0.352 e. The fourth-order valence-electron chi connectivity index (χ4n) is 7.68. The van der Waals surface area contributed by atoms with E-state index in [-0.39, 0.29) is 23.2 Å². The molecule has 8 rings (SSSR count). The number of imidazole rings is 1. The second-order valence-electron chi connectivity index (χ2n) is 13.8. The third kappa shape index (κ3) is 4.78. The Balaban J connectivity index is 1.26. The van der Waals surface area contributed by atoms with Crippen LogP contribution in [0.3, 0.4) is 0 Å². The number of carbonyl (C=O) groups is 2. The van der Waals surface area contributed by atoms with E-state index in [1.165, 1.54) is 6.07 Å². The summed E-state index contributed by atoms with van der Waals surface area (Å²) in [4.78, 5) is 33.0. The molecule has 248 valence electrons. The van der Waals surface area contributed by atoms with Crippen LogP contribution in [-0.2, 0) is 24.3 Å². The molecule has 1 N–H and O–H groups in total. The first-order chi connectivity index (χ1) is 23.1. The van der Waals surface area contributed by atoms with Crippen molar-refractivity contribution >= 4 is 39.4 Å². The van der Waals surface area contributed by atoms with Gasteiger partial charge in [-0.25, -0.2) is 4.98 Å². The highest BCUT2D eigenvalue weighted by molar-refractivity contribution is 6.05. The molecule has 2 atom stereocenters. The summed E-state index contributed by atoms with van der Waals surface area (Å²) in [5.74, 6) is -2.57. The summed E-state index contributed by atoms with van der Waals surface area (Å²) in [5.41, 5.74) is 5.12. The quantitative estimate of drug-likeness (QED) is 0.194. The zero-order chi connectivity index (χ0) is 33.5. The van der Waals surface area contributed by atoms with E-state index in [1.54, 1.807) is 19.2 Å². The molecule has 4 heterocycles. The Morgan fingerprint density at radius 3 is 2.58 bits per heavy atom. The number of benzene rings is 3. The lowest BCUT2D eigenvalue weighted by Crippen LogP contribution is -2.45. The van der Waals surface area contributed by atoms with Crippen molar-refractivity contribution in [1.29, 1.82) is 0 Å². The summed E-state index contributed by atoms with van der Waals surface area (Å²) >= 11 is 0. The number of aryl methyl sites for hydroxylation is 1. The van der Waals surface area contributed by atoms with Gasteiger partial charge in [0.2, 0.25) is 0 Å². The van der Waals surface area contributed by atoms with E-state index in [0.717, 1.165) is 78.7 Å². The number of halogens is 2. The number of ether oxygens (including phenoxy) is 1. The third-order valence-corrected chi connectivity index (χ3v) is 10.7. The minimum atomic E-state index is -3.59. The van der Waals surface area contributed by atoms with Crippen molar-refractivity contribution in [2.45, 2.75) is 64.5 Å². The third-order valence-electron chi connectivity index (χ3n) is 10.7. The van der Waals surface area contributed by atoms with Gasteiger partial charge in [0.25, 0.3) is 11.8 Å². The molecule has 2 aliphatic heterocycles. The van der Waals surface area contributed by atoms with Crippen molar-refractivity contribution < 1.29 is 23.1 Å². The van der Waals surface area contributed by atoms with E-state index in [9.17, 15) is 18.4 Å². The molecule has 2 aromatic heterocycles. The Morgan fingerprint density at radius 2 is 1.83 bits per heavy atom. The van der Waals surface area contributed by atoms with Gasteiger partial charge in [-0.1, -0.05) is 37.6 Å². The number of rotatable bonds is 7.